The second-order valence-electron chi connectivity index (χ2n) is 4.43. The molecular formula is C13H19N3O4. The molecule has 1 rings (SSSR count). The van der Waals surface area contributed by atoms with Gasteiger partial charge in [-0.15, -0.1) is 0 Å². The molecule has 0 spiro atoms. The summed E-state index contributed by atoms with van der Waals surface area (Å²) < 4.78 is 5.04. The fraction of sp³-hybridized carbons (Fsp3) is 0.462. The van der Waals surface area contributed by atoms with Gasteiger partial charge in [0.1, 0.15) is 5.69 Å². The van der Waals surface area contributed by atoms with Crippen molar-refractivity contribution in [3.63, 3.8) is 0 Å². The molecule has 0 heterocycles. The molecule has 1 amide bonds. The maximum absolute atomic E-state index is 12.4. The Morgan fingerprint density at radius 2 is 2.20 bits per heavy atom. The number of anilines is 1. The number of nitro groups is 1. The Morgan fingerprint density at radius 1 is 1.55 bits per heavy atom. The Balaban J connectivity index is 3.01. The molecule has 7 nitrogen and oxygen atoms in total. The average Bonchev–Trinajstić information content (AvgIpc) is 2.39. The van der Waals surface area contributed by atoms with Crippen molar-refractivity contribution in [2.45, 2.75) is 19.9 Å². The zero-order valence-electron chi connectivity index (χ0n) is 11.8. The molecule has 0 saturated heterocycles. The van der Waals surface area contributed by atoms with Crippen molar-refractivity contribution in [2.75, 3.05) is 26.0 Å². The molecule has 0 aliphatic carbocycles. The van der Waals surface area contributed by atoms with Crippen LogP contribution in [0.4, 0.5) is 11.4 Å². The molecular weight excluding hydrogens is 262 g/mol. The lowest BCUT2D eigenvalue weighted by molar-refractivity contribution is -0.383. The zero-order valence-corrected chi connectivity index (χ0v) is 11.8. The third-order valence-electron chi connectivity index (χ3n) is 3.01. The summed E-state index contributed by atoms with van der Waals surface area (Å²) in [6, 6.07) is 3.91. The van der Waals surface area contributed by atoms with Crippen LogP contribution in [0.25, 0.3) is 0 Å². The van der Waals surface area contributed by atoms with Gasteiger partial charge in [-0.25, -0.2) is 0 Å². The van der Waals surface area contributed by atoms with Gasteiger partial charge < -0.3 is 15.4 Å². The molecule has 0 aliphatic heterocycles. The predicted molar refractivity (Wildman–Crippen MR) is 75.6 cm³/mol. The van der Waals surface area contributed by atoms with E-state index in [4.69, 9.17) is 10.5 Å². The number of hydrogen-bond acceptors (Lipinski definition) is 5. The van der Waals surface area contributed by atoms with Gasteiger partial charge in [0.05, 0.1) is 17.6 Å². The highest BCUT2D eigenvalue weighted by molar-refractivity contribution is 5.96. The number of amides is 1. The molecule has 0 radical (unpaired) electrons. The number of ether oxygens (including phenoxy) is 1. The van der Waals surface area contributed by atoms with Gasteiger partial charge in [-0.2, -0.15) is 0 Å². The van der Waals surface area contributed by atoms with E-state index in [1.807, 2.05) is 13.8 Å². The molecule has 1 aromatic carbocycles. The monoisotopic (exact) mass is 281 g/mol. The summed E-state index contributed by atoms with van der Waals surface area (Å²) >= 11 is 0. The number of nitrogens with zero attached hydrogens (tertiary/aromatic N) is 2. The average molecular weight is 281 g/mol. The Labute approximate surface area is 117 Å². The van der Waals surface area contributed by atoms with Crippen molar-refractivity contribution in [1.29, 1.82) is 0 Å². The number of methoxy groups -OCH3 is 1. The minimum atomic E-state index is -0.575. The van der Waals surface area contributed by atoms with Crippen LogP contribution in [0.2, 0.25) is 0 Å². The number of likely N-dealkylation sites (N-methyl/N-ethyl adjacent to an activating group) is 1. The first-order valence-electron chi connectivity index (χ1n) is 6.26. The Hall–Kier alpha value is -2.15. The van der Waals surface area contributed by atoms with E-state index in [1.54, 1.807) is 12.0 Å². The van der Waals surface area contributed by atoms with Crippen LogP contribution >= 0.6 is 0 Å². The second-order valence-corrected chi connectivity index (χ2v) is 4.43. The molecule has 110 valence electrons. The van der Waals surface area contributed by atoms with Gasteiger partial charge in [-0.1, -0.05) is 0 Å². The van der Waals surface area contributed by atoms with Crippen molar-refractivity contribution in [1.82, 2.24) is 4.90 Å². The van der Waals surface area contributed by atoms with E-state index in [9.17, 15) is 14.9 Å². The SMILES string of the molecule is CCN(C(=O)c1ccc([N+](=O)[O-])c(N)c1)C(C)COC. The van der Waals surface area contributed by atoms with E-state index in [1.165, 1.54) is 18.2 Å². The number of nitrogen functional groups attached to an aromatic ring is 1. The minimum absolute atomic E-state index is 0.0173. The molecule has 1 atom stereocenters. The maximum atomic E-state index is 12.4. The highest BCUT2D eigenvalue weighted by Gasteiger charge is 2.22. The molecule has 0 aliphatic rings. The fourth-order valence-corrected chi connectivity index (χ4v) is 2.01. The van der Waals surface area contributed by atoms with Crippen LogP contribution in [0, 0.1) is 10.1 Å². The number of nitrogens with two attached hydrogens (primary N) is 1. The molecule has 20 heavy (non-hydrogen) atoms. The lowest BCUT2D eigenvalue weighted by Crippen LogP contribution is -2.40. The van der Waals surface area contributed by atoms with Gasteiger partial charge in [0.2, 0.25) is 0 Å². The van der Waals surface area contributed by atoms with E-state index < -0.39 is 4.92 Å². The van der Waals surface area contributed by atoms with Gasteiger partial charge in [0, 0.05) is 25.3 Å². The van der Waals surface area contributed by atoms with Crippen LogP contribution in [0.15, 0.2) is 18.2 Å². The summed E-state index contributed by atoms with van der Waals surface area (Å²) in [5, 5.41) is 10.7. The topological polar surface area (TPSA) is 98.7 Å². The van der Waals surface area contributed by atoms with Crippen molar-refractivity contribution in [3.05, 3.63) is 33.9 Å². The first-order chi connectivity index (χ1) is 9.42. The smallest absolute Gasteiger partial charge is 0.292 e. The maximum Gasteiger partial charge on any atom is 0.292 e. The number of carbonyl (C=O) groups is 1. The third kappa shape index (κ3) is 3.45. The van der Waals surface area contributed by atoms with Crippen molar-refractivity contribution in [3.8, 4) is 0 Å². The minimum Gasteiger partial charge on any atom is -0.393 e. The zero-order chi connectivity index (χ0) is 15.3. The number of carbonyl (C=O) groups excluding carboxylic acids is 1. The van der Waals surface area contributed by atoms with E-state index >= 15 is 0 Å². The summed E-state index contributed by atoms with van der Waals surface area (Å²) in [7, 11) is 1.57. The summed E-state index contributed by atoms with van der Waals surface area (Å²) in [6.45, 7) is 4.67. The van der Waals surface area contributed by atoms with Crippen molar-refractivity contribution >= 4 is 17.3 Å². The Morgan fingerprint density at radius 3 is 2.65 bits per heavy atom. The van der Waals surface area contributed by atoms with Gasteiger partial charge in [0.25, 0.3) is 11.6 Å². The van der Waals surface area contributed by atoms with Crippen LogP contribution in [-0.4, -0.2) is 42.0 Å². The van der Waals surface area contributed by atoms with E-state index in [0.717, 1.165) is 0 Å². The van der Waals surface area contributed by atoms with Crippen LogP contribution in [0.3, 0.4) is 0 Å². The van der Waals surface area contributed by atoms with Gasteiger partial charge >= 0.3 is 0 Å². The number of hydrogen-bond donors (Lipinski definition) is 1. The Bertz CT molecular complexity index is 504. The van der Waals surface area contributed by atoms with Crippen molar-refractivity contribution in [2.24, 2.45) is 0 Å². The normalized spacial score (nSPS) is 11.9. The van der Waals surface area contributed by atoms with Crippen molar-refractivity contribution < 1.29 is 14.5 Å². The quantitative estimate of drug-likeness (QED) is 0.486. The van der Waals surface area contributed by atoms with Crippen LogP contribution in [-0.2, 0) is 4.74 Å². The third-order valence-corrected chi connectivity index (χ3v) is 3.01. The largest absolute Gasteiger partial charge is 0.393 e. The standard InChI is InChI=1S/C13H19N3O4/c1-4-15(9(2)8-20-3)13(17)10-5-6-12(16(18)19)11(14)7-10/h5-7,9H,4,8,14H2,1-3H3. The lowest BCUT2D eigenvalue weighted by Gasteiger charge is -2.27. The first-order valence-corrected chi connectivity index (χ1v) is 6.26. The lowest BCUT2D eigenvalue weighted by atomic mass is 10.1. The molecule has 1 aromatic rings. The molecule has 0 saturated carbocycles. The molecule has 0 fully saturated rings. The predicted octanol–water partition coefficient (Wildman–Crippen LogP) is 1.67. The Kier molecular flexibility index (Phi) is 5.45. The highest BCUT2D eigenvalue weighted by Crippen LogP contribution is 2.23. The number of rotatable bonds is 6. The van der Waals surface area contributed by atoms with Crippen LogP contribution < -0.4 is 5.73 Å². The molecule has 1 unspecified atom stereocenters. The van der Waals surface area contributed by atoms with Gasteiger partial charge in [-0.3, -0.25) is 14.9 Å². The molecule has 0 bridgehead atoms. The van der Waals surface area contributed by atoms with Gasteiger partial charge in [-0.05, 0) is 26.0 Å². The van der Waals surface area contributed by atoms with E-state index in [-0.39, 0.29) is 23.3 Å². The van der Waals surface area contributed by atoms with E-state index in [2.05, 4.69) is 0 Å². The highest BCUT2D eigenvalue weighted by atomic mass is 16.6. The summed E-state index contributed by atoms with van der Waals surface area (Å²) in [4.78, 5) is 24.1. The summed E-state index contributed by atoms with van der Waals surface area (Å²) in [5.41, 5.74) is 5.71. The second kappa shape index (κ2) is 6.85. The van der Waals surface area contributed by atoms with E-state index in [0.29, 0.717) is 18.7 Å². The summed E-state index contributed by atoms with van der Waals surface area (Å²) in [5.74, 6) is -0.223. The van der Waals surface area contributed by atoms with Gasteiger partial charge in [0.15, 0.2) is 0 Å². The molecule has 2 N–H and O–H groups in total. The molecule has 7 heteroatoms. The van der Waals surface area contributed by atoms with Crippen LogP contribution in [0.5, 0.6) is 0 Å². The summed E-state index contributed by atoms with van der Waals surface area (Å²) in [6.07, 6.45) is 0. The number of benzene rings is 1. The first kappa shape index (κ1) is 15.9. The van der Waals surface area contributed by atoms with Crippen LogP contribution in [0.1, 0.15) is 24.2 Å². The number of nitro benzene ring substituents is 1. The fourth-order valence-electron chi connectivity index (χ4n) is 2.01. The molecule has 0 aromatic heterocycles.